The van der Waals surface area contributed by atoms with E-state index in [2.05, 4.69) is 0 Å². The van der Waals surface area contributed by atoms with Crippen molar-refractivity contribution in [3.05, 3.63) is 12.3 Å². The molecule has 0 saturated carbocycles. The molecule has 2 unspecified atom stereocenters. The number of imide groups is 1. The summed E-state index contributed by atoms with van der Waals surface area (Å²) in [5.74, 6) is -0.494. The fraction of sp³-hybridized carbons (Fsp3) is 0.500. The lowest BCUT2D eigenvalue weighted by molar-refractivity contribution is -0.122. The summed E-state index contributed by atoms with van der Waals surface area (Å²) in [4.78, 5) is 33.0. The van der Waals surface area contributed by atoms with E-state index in [0.717, 1.165) is 12.7 Å². The summed E-state index contributed by atoms with van der Waals surface area (Å²) in [6.45, 7) is 0. The Morgan fingerprint density at radius 2 is 2.19 bits per heavy atom. The monoisotopic (exact) mass is 226 g/mol. The molecule has 16 heavy (non-hydrogen) atoms. The lowest BCUT2D eigenvalue weighted by atomic mass is 10.2. The van der Waals surface area contributed by atoms with Gasteiger partial charge in [0.1, 0.15) is 18.6 Å². The van der Waals surface area contributed by atoms with Gasteiger partial charge in [0.25, 0.3) is 5.91 Å². The van der Waals surface area contributed by atoms with Crippen molar-refractivity contribution in [1.29, 1.82) is 0 Å². The summed E-state index contributed by atoms with van der Waals surface area (Å²) in [5, 5.41) is 1.98. The van der Waals surface area contributed by atoms with E-state index >= 15 is 0 Å². The number of hydrogen-bond donors (Lipinski definition) is 1. The van der Waals surface area contributed by atoms with Gasteiger partial charge in [0.05, 0.1) is 0 Å². The van der Waals surface area contributed by atoms with Gasteiger partial charge >= 0.3 is 0 Å². The van der Waals surface area contributed by atoms with Gasteiger partial charge in [-0.1, -0.05) is 0 Å². The van der Waals surface area contributed by atoms with Gasteiger partial charge in [-0.2, -0.15) is 0 Å². The Hall–Kier alpha value is -1.69. The SMILES string of the molecule is CN(/C=C\C(=O)NC=O)C1CCC(C=O)O1. The first-order chi connectivity index (χ1) is 7.67. The minimum absolute atomic E-state index is 0.199. The number of carbonyl (C=O) groups is 3. The average molecular weight is 226 g/mol. The summed E-state index contributed by atoms with van der Waals surface area (Å²) in [6, 6.07) is 0. The van der Waals surface area contributed by atoms with Crippen LogP contribution in [0, 0.1) is 0 Å². The number of amides is 2. The molecule has 1 N–H and O–H groups in total. The van der Waals surface area contributed by atoms with Crippen molar-refractivity contribution < 1.29 is 19.1 Å². The lowest BCUT2D eigenvalue weighted by Crippen LogP contribution is -2.28. The van der Waals surface area contributed by atoms with Crippen molar-refractivity contribution in [1.82, 2.24) is 10.2 Å². The molecule has 2 atom stereocenters. The van der Waals surface area contributed by atoms with Gasteiger partial charge in [0, 0.05) is 19.3 Å². The largest absolute Gasteiger partial charge is 0.355 e. The van der Waals surface area contributed by atoms with Crippen LogP contribution >= 0.6 is 0 Å². The molecule has 6 heteroatoms. The predicted octanol–water partition coefficient (Wildman–Crippen LogP) is -0.592. The molecule has 0 radical (unpaired) electrons. The van der Waals surface area contributed by atoms with Crippen LogP contribution in [-0.2, 0) is 19.1 Å². The topological polar surface area (TPSA) is 75.7 Å². The highest BCUT2D eigenvalue weighted by Crippen LogP contribution is 2.20. The molecule has 0 bridgehead atoms. The third-order valence-corrected chi connectivity index (χ3v) is 2.30. The van der Waals surface area contributed by atoms with E-state index in [0.29, 0.717) is 12.8 Å². The Labute approximate surface area is 93.2 Å². The number of nitrogens with one attached hydrogen (secondary N) is 1. The van der Waals surface area contributed by atoms with Crippen LogP contribution < -0.4 is 5.32 Å². The second-order valence-electron chi connectivity index (χ2n) is 3.45. The summed E-state index contributed by atoms with van der Waals surface area (Å²) < 4.78 is 5.37. The van der Waals surface area contributed by atoms with Crippen LogP contribution in [0.4, 0.5) is 0 Å². The average Bonchev–Trinajstić information content (AvgIpc) is 2.75. The van der Waals surface area contributed by atoms with Crippen molar-refractivity contribution >= 4 is 18.6 Å². The molecule has 2 amide bonds. The maximum Gasteiger partial charge on any atom is 0.251 e. The van der Waals surface area contributed by atoms with Crippen LogP contribution in [0.1, 0.15) is 12.8 Å². The molecule has 88 valence electrons. The van der Waals surface area contributed by atoms with E-state index in [1.807, 2.05) is 5.32 Å². The summed E-state index contributed by atoms with van der Waals surface area (Å²) in [7, 11) is 1.74. The smallest absolute Gasteiger partial charge is 0.251 e. The van der Waals surface area contributed by atoms with E-state index in [9.17, 15) is 14.4 Å². The van der Waals surface area contributed by atoms with Gasteiger partial charge in [-0.15, -0.1) is 0 Å². The lowest BCUT2D eigenvalue weighted by Gasteiger charge is -2.21. The highest BCUT2D eigenvalue weighted by molar-refractivity contribution is 5.94. The molecule has 1 aliphatic rings. The van der Waals surface area contributed by atoms with Gasteiger partial charge in [-0.25, -0.2) is 0 Å². The normalized spacial score (nSPS) is 24.3. The van der Waals surface area contributed by atoms with E-state index in [1.165, 1.54) is 12.3 Å². The summed E-state index contributed by atoms with van der Waals surface area (Å²) >= 11 is 0. The number of nitrogens with zero attached hydrogens (tertiary/aromatic N) is 1. The fourth-order valence-corrected chi connectivity index (χ4v) is 1.43. The Bertz CT molecular complexity index is 303. The number of rotatable bonds is 5. The van der Waals surface area contributed by atoms with Crippen molar-refractivity contribution in [2.45, 2.75) is 25.2 Å². The van der Waals surface area contributed by atoms with Crippen molar-refractivity contribution in [3.8, 4) is 0 Å². The van der Waals surface area contributed by atoms with Gasteiger partial charge in [-0.3, -0.25) is 14.9 Å². The molecule has 1 aliphatic heterocycles. The van der Waals surface area contributed by atoms with Crippen molar-refractivity contribution in [3.63, 3.8) is 0 Å². The quantitative estimate of drug-likeness (QED) is 0.501. The number of carbonyl (C=O) groups excluding carboxylic acids is 3. The zero-order chi connectivity index (χ0) is 12.0. The van der Waals surface area contributed by atoms with Crippen LogP contribution in [0.25, 0.3) is 0 Å². The first kappa shape index (κ1) is 12.4. The predicted molar refractivity (Wildman–Crippen MR) is 55.1 cm³/mol. The van der Waals surface area contributed by atoms with Gasteiger partial charge < -0.3 is 14.4 Å². The molecule has 0 aliphatic carbocycles. The highest BCUT2D eigenvalue weighted by Gasteiger charge is 2.26. The Kier molecular flexibility index (Phi) is 4.65. The Balaban J connectivity index is 2.40. The first-order valence-corrected chi connectivity index (χ1v) is 4.92. The zero-order valence-electron chi connectivity index (χ0n) is 8.96. The molecule has 1 saturated heterocycles. The molecule has 0 aromatic heterocycles. The molecule has 1 fully saturated rings. The van der Waals surface area contributed by atoms with Crippen LogP contribution in [-0.4, -0.2) is 42.9 Å². The third-order valence-electron chi connectivity index (χ3n) is 2.30. The second kappa shape index (κ2) is 6.02. The highest BCUT2D eigenvalue weighted by atomic mass is 16.5. The minimum atomic E-state index is -0.494. The molecule has 1 heterocycles. The van der Waals surface area contributed by atoms with Crippen LogP contribution in [0.2, 0.25) is 0 Å². The number of hydrogen-bond acceptors (Lipinski definition) is 5. The number of aldehydes is 1. The Morgan fingerprint density at radius 3 is 2.75 bits per heavy atom. The minimum Gasteiger partial charge on any atom is -0.355 e. The van der Waals surface area contributed by atoms with Crippen LogP contribution in [0.3, 0.4) is 0 Å². The standard InChI is InChI=1S/C10H14N2O4/c1-12(5-4-9(15)11-7-14)10-3-2-8(6-13)16-10/h4-8,10H,2-3H2,1H3,(H,11,14,15)/b5-4-. The van der Waals surface area contributed by atoms with Gasteiger partial charge in [-0.05, 0) is 12.8 Å². The van der Waals surface area contributed by atoms with E-state index in [1.54, 1.807) is 11.9 Å². The zero-order valence-corrected chi connectivity index (χ0v) is 8.96. The van der Waals surface area contributed by atoms with Crippen molar-refractivity contribution in [2.75, 3.05) is 7.05 Å². The van der Waals surface area contributed by atoms with Crippen LogP contribution in [0.15, 0.2) is 12.3 Å². The molecule has 0 aromatic carbocycles. The molecule has 6 nitrogen and oxygen atoms in total. The van der Waals surface area contributed by atoms with Crippen LogP contribution in [0.5, 0.6) is 0 Å². The molecule has 0 spiro atoms. The first-order valence-electron chi connectivity index (χ1n) is 4.92. The maximum absolute atomic E-state index is 10.9. The fourth-order valence-electron chi connectivity index (χ4n) is 1.43. The van der Waals surface area contributed by atoms with E-state index in [-0.39, 0.29) is 12.3 Å². The van der Waals surface area contributed by atoms with Crippen molar-refractivity contribution in [2.24, 2.45) is 0 Å². The van der Waals surface area contributed by atoms with Gasteiger partial charge in [0.2, 0.25) is 6.41 Å². The molecular weight excluding hydrogens is 212 g/mol. The summed E-state index contributed by atoms with van der Waals surface area (Å²) in [5.41, 5.74) is 0. The molecule has 0 aromatic rings. The summed E-state index contributed by atoms with van der Waals surface area (Å²) in [6.07, 6.45) is 4.70. The Morgan fingerprint density at radius 1 is 1.44 bits per heavy atom. The third kappa shape index (κ3) is 3.47. The van der Waals surface area contributed by atoms with E-state index in [4.69, 9.17) is 4.74 Å². The second-order valence-corrected chi connectivity index (χ2v) is 3.45. The van der Waals surface area contributed by atoms with Gasteiger partial charge in [0.15, 0.2) is 0 Å². The maximum atomic E-state index is 10.9. The molecular formula is C10H14N2O4. The molecule has 1 rings (SSSR count). The van der Waals surface area contributed by atoms with E-state index < -0.39 is 5.91 Å². The number of ether oxygens (including phenoxy) is 1.